The van der Waals surface area contributed by atoms with E-state index in [0.29, 0.717) is 28.8 Å². The number of carbonyl (C=O) groups excluding carboxylic acids is 1. The van der Waals surface area contributed by atoms with Gasteiger partial charge in [0.25, 0.3) is 17.5 Å². The second-order valence-corrected chi connectivity index (χ2v) is 9.24. The summed E-state index contributed by atoms with van der Waals surface area (Å²) in [6, 6.07) is 11.9. The molecule has 10 nitrogen and oxygen atoms in total. The second-order valence-electron chi connectivity index (χ2n) is 7.96. The number of likely N-dealkylation sites (N-methyl/N-ethyl adjacent to an activating group) is 1. The minimum Gasteiger partial charge on any atom is -0.363 e. The number of rotatable bonds is 5. The average Bonchev–Trinajstić information content (AvgIpc) is 3.40. The fourth-order valence-electron chi connectivity index (χ4n) is 3.85. The van der Waals surface area contributed by atoms with Gasteiger partial charge in [0.05, 0.1) is 10.6 Å². The summed E-state index contributed by atoms with van der Waals surface area (Å²) in [5.41, 5.74) is 2.31. The van der Waals surface area contributed by atoms with Crippen LogP contribution < -0.4 is 10.2 Å². The molecule has 1 N–H and O–H groups in total. The van der Waals surface area contributed by atoms with Crippen molar-refractivity contribution in [1.29, 1.82) is 0 Å². The molecule has 0 spiro atoms. The smallest absolute Gasteiger partial charge is 0.293 e. The first-order valence-electron chi connectivity index (χ1n) is 10.5. The lowest BCUT2D eigenvalue weighted by Gasteiger charge is -2.33. The Bertz CT molecular complexity index is 1380. The summed E-state index contributed by atoms with van der Waals surface area (Å²) >= 11 is 7.36. The van der Waals surface area contributed by atoms with Gasteiger partial charge in [-0.3, -0.25) is 20.2 Å². The highest BCUT2D eigenvalue weighted by molar-refractivity contribution is 7.15. The molecule has 2 aromatic heterocycles. The third-order valence-electron chi connectivity index (χ3n) is 5.73. The average molecular weight is 498 g/mol. The van der Waals surface area contributed by atoms with E-state index < -0.39 is 10.8 Å². The molecule has 12 heteroatoms. The molecule has 34 heavy (non-hydrogen) atoms. The van der Waals surface area contributed by atoms with Crippen molar-refractivity contribution in [3.8, 4) is 11.3 Å². The Morgan fingerprint density at radius 1 is 1.15 bits per heavy atom. The van der Waals surface area contributed by atoms with Gasteiger partial charge in [0.2, 0.25) is 4.96 Å². The van der Waals surface area contributed by atoms with E-state index in [-0.39, 0.29) is 17.2 Å². The Labute approximate surface area is 203 Å². The number of hydrogen-bond acceptors (Lipinski definition) is 8. The van der Waals surface area contributed by atoms with E-state index in [0.717, 1.165) is 24.3 Å². The maximum absolute atomic E-state index is 12.9. The number of halogens is 1. The number of benzene rings is 2. The molecule has 2 aromatic carbocycles. The summed E-state index contributed by atoms with van der Waals surface area (Å²) in [6.07, 6.45) is 0. The molecule has 0 bridgehead atoms. The van der Waals surface area contributed by atoms with Gasteiger partial charge in [-0.15, -0.1) is 16.4 Å². The summed E-state index contributed by atoms with van der Waals surface area (Å²) in [5, 5.41) is 21.3. The molecule has 3 heterocycles. The van der Waals surface area contributed by atoms with Crippen LogP contribution in [0.2, 0.25) is 5.02 Å². The molecule has 0 radical (unpaired) electrons. The molecule has 1 aliphatic rings. The maximum Gasteiger partial charge on any atom is 0.293 e. The Balaban J connectivity index is 1.38. The predicted molar refractivity (Wildman–Crippen MR) is 132 cm³/mol. The zero-order valence-electron chi connectivity index (χ0n) is 18.1. The third-order valence-corrected chi connectivity index (χ3v) is 6.79. The first-order valence-corrected chi connectivity index (χ1v) is 11.8. The molecule has 1 amide bonds. The normalized spacial score (nSPS) is 14.5. The van der Waals surface area contributed by atoms with E-state index in [1.807, 2.05) is 29.5 Å². The minimum atomic E-state index is -0.515. The van der Waals surface area contributed by atoms with Crippen molar-refractivity contribution < 1.29 is 9.72 Å². The summed E-state index contributed by atoms with van der Waals surface area (Å²) in [5.74, 6) is -0.391. The van der Waals surface area contributed by atoms with Crippen molar-refractivity contribution >= 4 is 51.1 Å². The number of nitro groups is 1. The van der Waals surface area contributed by atoms with Crippen LogP contribution in [0, 0.1) is 10.1 Å². The van der Waals surface area contributed by atoms with Gasteiger partial charge in [-0.1, -0.05) is 23.7 Å². The number of amides is 1. The number of nitro benzene ring substituents is 1. The largest absolute Gasteiger partial charge is 0.363 e. The van der Waals surface area contributed by atoms with Gasteiger partial charge in [0.15, 0.2) is 0 Å². The fourth-order valence-corrected chi connectivity index (χ4v) is 4.81. The molecule has 0 aliphatic carbocycles. The molecule has 0 unspecified atom stereocenters. The van der Waals surface area contributed by atoms with Gasteiger partial charge < -0.3 is 9.80 Å². The molecular formula is C22H20ClN7O3S. The quantitative estimate of drug-likeness (QED) is 0.327. The topological polar surface area (TPSA) is 109 Å². The summed E-state index contributed by atoms with van der Waals surface area (Å²) in [4.78, 5) is 33.3. The maximum atomic E-state index is 12.9. The highest BCUT2D eigenvalue weighted by Gasteiger charge is 2.24. The van der Waals surface area contributed by atoms with Gasteiger partial charge in [-0.2, -0.15) is 4.98 Å². The van der Waals surface area contributed by atoms with Crippen molar-refractivity contribution in [2.75, 3.05) is 43.4 Å². The minimum absolute atomic E-state index is 0.0963. The third kappa shape index (κ3) is 4.32. The van der Waals surface area contributed by atoms with E-state index in [1.165, 1.54) is 17.4 Å². The van der Waals surface area contributed by atoms with E-state index in [4.69, 9.17) is 11.6 Å². The monoisotopic (exact) mass is 497 g/mol. The van der Waals surface area contributed by atoms with Crippen molar-refractivity contribution in [2.45, 2.75) is 0 Å². The molecule has 1 saturated heterocycles. The number of fused-ring (bicyclic) bond motifs is 1. The number of nitrogens with one attached hydrogen (secondary N) is 1. The van der Waals surface area contributed by atoms with Crippen LogP contribution in [0.5, 0.6) is 0 Å². The van der Waals surface area contributed by atoms with E-state index >= 15 is 0 Å². The van der Waals surface area contributed by atoms with E-state index in [9.17, 15) is 14.9 Å². The molecule has 0 atom stereocenters. The van der Waals surface area contributed by atoms with E-state index in [2.05, 4.69) is 20.3 Å². The number of carbonyl (C=O) groups is 1. The van der Waals surface area contributed by atoms with Crippen LogP contribution in [0.4, 0.5) is 17.3 Å². The lowest BCUT2D eigenvalue weighted by Crippen LogP contribution is -2.44. The van der Waals surface area contributed by atoms with E-state index in [1.54, 1.807) is 28.8 Å². The summed E-state index contributed by atoms with van der Waals surface area (Å²) in [6.45, 7) is 3.02. The number of piperazine rings is 1. The standard InChI is InChI=1S/C22H20ClN7O3S/c1-27-8-10-28(11-9-27)17-7-4-15(12-18(17)30(32)33)20(31)24-21-25-22-29(26-21)19(13-34-22)14-2-5-16(23)6-3-14/h2-7,12-13H,8-11H2,1H3,(H,24,26,31). The number of hydrogen-bond donors (Lipinski definition) is 1. The van der Waals surface area contributed by atoms with Gasteiger partial charge in [0.1, 0.15) is 5.69 Å². The first-order chi connectivity index (χ1) is 16.4. The van der Waals surface area contributed by atoms with Crippen molar-refractivity contribution in [3.05, 3.63) is 68.5 Å². The molecule has 4 aromatic rings. The number of aromatic nitrogens is 3. The van der Waals surface area contributed by atoms with Crippen LogP contribution in [-0.4, -0.2) is 63.6 Å². The van der Waals surface area contributed by atoms with Gasteiger partial charge in [0, 0.05) is 53.8 Å². The Kier molecular flexibility index (Phi) is 5.90. The molecule has 5 rings (SSSR count). The van der Waals surface area contributed by atoms with Crippen LogP contribution >= 0.6 is 22.9 Å². The van der Waals surface area contributed by atoms with Gasteiger partial charge in [-0.25, -0.2) is 4.52 Å². The Morgan fingerprint density at radius 3 is 2.59 bits per heavy atom. The Hall–Kier alpha value is -3.54. The molecule has 1 fully saturated rings. The number of nitrogens with zero attached hydrogens (tertiary/aromatic N) is 6. The van der Waals surface area contributed by atoms with Crippen LogP contribution in [0.3, 0.4) is 0 Å². The summed E-state index contributed by atoms with van der Waals surface area (Å²) in [7, 11) is 2.02. The highest BCUT2D eigenvalue weighted by Crippen LogP contribution is 2.31. The van der Waals surface area contributed by atoms with Crippen molar-refractivity contribution in [2.24, 2.45) is 0 Å². The summed E-state index contributed by atoms with van der Waals surface area (Å²) < 4.78 is 1.64. The second kappa shape index (κ2) is 9.01. The van der Waals surface area contributed by atoms with Gasteiger partial charge >= 0.3 is 0 Å². The van der Waals surface area contributed by atoms with Crippen LogP contribution in [0.15, 0.2) is 47.8 Å². The lowest BCUT2D eigenvalue weighted by atomic mass is 10.1. The molecular weight excluding hydrogens is 478 g/mol. The fraction of sp³-hybridized carbons (Fsp3) is 0.227. The SMILES string of the molecule is CN1CCN(c2ccc(C(=O)Nc3nc4scc(-c5ccc(Cl)cc5)n4n3)cc2[N+](=O)[O-])CC1. The predicted octanol–water partition coefficient (Wildman–Crippen LogP) is 4.02. The van der Waals surface area contributed by atoms with Crippen molar-refractivity contribution in [3.63, 3.8) is 0 Å². The zero-order valence-corrected chi connectivity index (χ0v) is 19.7. The molecule has 1 aliphatic heterocycles. The van der Waals surface area contributed by atoms with Crippen LogP contribution in [0.25, 0.3) is 16.2 Å². The number of thiazole rings is 1. The zero-order chi connectivity index (χ0) is 23.8. The van der Waals surface area contributed by atoms with Crippen LogP contribution in [0.1, 0.15) is 10.4 Å². The Morgan fingerprint density at radius 2 is 1.88 bits per heavy atom. The lowest BCUT2D eigenvalue weighted by molar-refractivity contribution is -0.384. The molecule has 174 valence electrons. The first kappa shape index (κ1) is 22.3. The highest BCUT2D eigenvalue weighted by atomic mass is 35.5. The van der Waals surface area contributed by atoms with Gasteiger partial charge in [-0.05, 0) is 31.3 Å². The number of anilines is 2. The van der Waals surface area contributed by atoms with Crippen LogP contribution in [-0.2, 0) is 0 Å². The molecule has 0 saturated carbocycles. The van der Waals surface area contributed by atoms with Crippen molar-refractivity contribution in [1.82, 2.24) is 19.5 Å².